The van der Waals surface area contributed by atoms with Gasteiger partial charge in [0.2, 0.25) is 11.8 Å². The number of carbonyl (C=O) groups excluding carboxylic acids is 2. The van der Waals surface area contributed by atoms with Crippen LogP contribution in [0, 0.1) is 0 Å². The predicted octanol–water partition coefficient (Wildman–Crippen LogP) is 2.48. The lowest BCUT2D eigenvalue weighted by molar-refractivity contribution is -0.126. The summed E-state index contributed by atoms with van der Waals surface area (Å²) < 4.78 is 1.68. The molecule has 5 rings (SSSR count). The Bertz CT molecular complexity index is 1060. The van der Waals surface area contributed by atoms with Gasteiger partial charge in [-0.25, -0.2) is 4.68 Å². The lowest BCUT2D eigenvalue weighted by Crippen LogP contribution is -2.45. The zero-order chi connectivity index (χ0) is 17.9. The minimum absolute atomic E-state index is 0.0840. The van der Waals surface area contributed by atoms with Gasteiger partial charge in [0.1, 0.15) is 11.2 Å². The van der Waals surface area contributed by atoms with Crippen LogP contribution in [-0.4, -0.2) is 28.6 Å². The molecule has 0 bridgehead atoms. The second kappa shape index (κ2) is 5.05. The Morgan fingerprint density at radius 1 is 1.00 bits per heavy atom. The van der Waals surface area contributed by atoms with E-state index in [-0.39, 0.29) is 18.2 Å². The van der Waals surface area contributed by atoms with Crippen molar-refractivity contribution in [3.63, 3.8) is 0 Å². The van der Waals surface area contributed by atoms with Gasteiger partial charge < -0.3 is 10.2 Å². The Morgan fingerprint density at radius 2 is 1.73 bits per heavy atom. The van der Waals surface area contributed by atoms with Crippen molar-refractivity contribution < 1.29 is 9.59 Å². The third-order valence-corrected chi connectivity index (χ3v) is 5.31. The monoisotopic (exact) mass is 344 g/mol. The highest BCUT2D eigenvalue weighted by atomic mass is 16.2. The number of anilines is 2. The molecule has 1 N–H and O–H groups in total. The fraction of sp³-hybridized carbons (Fsp3) is 0.150. The fourth-order valence-corrected chi connectivity index (χ4v) is 4.13. The van der Waals surface area contributed by atoms with E-state index < -0.39 is 5.41 Å². The van der Waals surface area contributed by atoms with Crippen molar-refractivity contribution in [2.75, 3.05) is 17.3 Å². The fourth-order valence-electron chi connectivity index (χ4n) is 4.13. The first-order valence-corrected chi connectivity index (χ1v) is 8.44. The van der Waals surface area contributed by atoms with E-state index in [0.29, 0.717) is 5.82 Å². The van der Waals surface area contributed by atoms with Crippen LogP contribution in [-0.2, 0) is 15.0 Å². The SMILES string of the molecule is CN1C(=O)[C@]2(CC(=O)Nc3c2cnn3-c2ccccc2)c2ccccc21. The van der Waals surface area contributed by atoms with E-state index in [1.807, 2.05) is 54.6 Å². The largest absolute Gasteiger partial charge is 0.314 e. The minimum atomic E-state index is -1.02. The number of hydrogen-bond acceptors (Lipinski definition) is 3. The van der Waals surface area contributed by atoms with Crippen molar-refractivity contribution in [3.8, 4) is 5.69 Å². The Kier molecular flexibility index (Phi) is 2.89. The molecule has 6 heteroatoms. The summed E-state index contributed by atoms with van der Waals surface area (Å²) in [7, 11) is 1.75. The highest BCUT2D eigenvalue weighted by molar-refractivity contribution is 6.15. The molecule has 128 valence electrons. The molecule has 1 atom stereocenters. The summed E-state index contributed by atoms with van der Waals surface area (Å²) >= 11 is 0. The number of fused-ring (bicyclic) bond motifs is 4. The average Bonchev–Trinajstić information content (AvgIpc) is 3.18. The molecule has 2 aliphatic rings. The first-order chi connectivity index (χ1) is 12.6. The topological polar surface area (TPSA) is 67.2 Å². The van der Waals surface area contributed by atoms with Crippen LogP contribution in [0.25, 0.3) is 5.69 Å². The molecule has 2 aromatic carbocycles. The maximum Gasteiger partial charge on any atom is 0.242 e. The van der Waals surface area contributed by atoms with E-state index in [2.05, 4.69) is 10.4 Å². The summed E-state index contributed by atoms with van der Waals surface area (Å²) in [4.78, 5) is 27.5. The average molecular weight is 344 g/mol. The van der Waals surface area contributed by atoms with Gasteiger partial charge in [-0.2, -0.15) is 5.10 Å². The number of benzene rings is 2. The smallest absolute Gasteiger partial charge is 0.242 e. The molecule has 3 aromatic rings. The van der Waals surface area contributed by atoms with E-state index in [0.717, 1.165) is 22.5 Å². The molecule has 1 spiro atoms. The van der Waals surface area contributed by atoms with Crippen molar-refractivity contribution >= 4 is 23.3 Å². The van der Waals surface area contributed by atoms with Gasteiger partial charge in [0.05, 0.1) is 11.9 Å². The molecule has 0 aliphatic carbocycles. The number of hydrogen-bond donors (Lipinski definition) is 1. The highest BCUT2D eigenvalue weighted by Crippen LogP contribution is 2.51. The second-order valence-corrected chi connectivity index (χ2v) is 6.67. The molecule has 0 fully saturated rings. The Labute approximate surface area is 150 Å². The van der Waals surface area contributed by atoms with Crippen molar-refractivity contribution in [1.82, 2.24) is 9.78 Å². The van der Waals surface area contributed by atoms with Crippen LogP contribution < -0.4 is 10.2 Å². The molecular formula is C20H16N4O2. The van der Waals surface area contributed by atoms with Crippen LogP contribution >= 0.6 is 0 Å². The Balaban J connectivity index is 1.79. The molecule has 0 unspecified atom stereocenters. The first kappa shape index (κ1) is 14.9. The third kappa shape index (κ3) is 1.73. The maximum absolute atomic E-state index is 13.3. The zero-order valence-corrected chi connectivity index (χ0v) is 14.1. The molecular weight excluding hydrogens is 328 g/mol. The van der Waals surface area contributed by atoms with Crippen LogP contribution in [0.2, 0.25) is 0 Å². The van der Waals surface area contributed by atoms with Crippen molar-refractivity contribution in [2.24, 2.45) is 0 Å². The van der Waals surface area contributed by atoms with Gasteiger partial charge in [-0.15, -0.1) is 0 Å². The molecule has 1 aromatic heterocycles. The molecule has 2 aliphatic heterocycles. The van der Waals surface area contributed by atoms with Gasteiger partial charge >= 0.3 is 0 Å². The minimum Gasteiger partial charge on any atom is -0.314 e. The van der Waals surface area contributed by atoms with Gasteiger partial charge in [0, 0.05) is 24.7 Å². The molecule has 6 nitrogen and oxygen atoms in total. The number of likely N-dealkylation sites (N-methyl/N-ethyl adjacent to an activating group) is 1. The van der Waals surface area contributed by atoms with Crippen LogP contribution in [0.15, 0.2) is 60.8 Å². The van der Waals surface area contributed by atoms with E-state index in [4.69, 9.17) is 0 Å². The van der Waals surface area contributed by atoms with E-state index in [1.165, 1.54) is 0 Å². The maximum atomic E-state index is 13.3. The summed E-state index contributed by atoms with van der Waals surface area (Å²) in [5.74, 6) is 0.280. The van der Waals surface area contributed by atoms with E-state index >= 15 is 0 Å². The summed E-state index contributed by atoms with van der Waals surface area (Å²) in [6.45, 7) is 0. The van der Waals surface area contributed by atoms with Crippen LogP contribution in [0.1, 0.15) is 17.5 Å². The zero-order valence-electron chi connectivity index (χ0n) is 14.1. The van der Waals surface area contributed by atoms with E-state index in [1.54, 1.807) is 22.8 Å². The second-order valence-electron chi connectivity index (χ2n) is 6.67. The number of para-hydroxylation sites is 2. The highest BCUT2D eigenvalue weighted by Gasteiger charge is 2.56. The number of amides is 2. The quantitative estimate of drug-likeness (QED) is 0.737. The van der Waals surface area contributed by atoms with Gasteiger partial charge in [-0.1, -0.05) is 36.4 Å². The Hall–Kier alpha value is -3.41. The number of nitrogens with one attached hydrogen (secondary N) is 1. The summed E-state index contributed by atoms with van der Waals surface area (Å²) in [5.41, 5.74) is 2.25. The van der Waals surface area contributed by atoms with Crippen LogP contribution in [0.5, 0.6) is 0 Å². The van der Waals surface area contributed by atoms with Gasteiger partial charge in [0.25, 0.3) is 0 Å². The number of aromatic nitrogens is 2. The number of carbonyl (C=O) groups is 2. The lowest BCUT2D eigenvalue weighted by atomic mass is 9.72. The van der Waals surface area contributed by atoms with Crippen molar-refractivity contribution in [2.45, 2.75) is 11.8 Å². The molecule has 0 saturated carbocycles. The summed E-state index contributed by atoms with van der Waals surface area (Å²) in [6, 6.07) is 17.2. The Morgan fingerprint density at radius 3 is 2.54 bits per heavy atom. The number of nitrogens with zero attached hydrogens (tertiary/aromatic N) is 3. The molecule has 2 amide bonds. The molecule has 0 saturated heterocycles. The summed E-state index contributed by atoms with van der Waals surface area (Å²) in [5, 5.41) is 7.40. The van der Waals surface area contributed by atoms with Gasteiger partial charge in [0.15, 0.2) is 0 Å². The van der Waals surface area contributed by atoms with E-state index in [9.17, 15) is 9.59 Å². The molecule has 3 heterocycles. The van der Waals surface area contributed by atoms with Gasteiger partial charge in [-0.3, -0.25) is 9.59 Å². The van der Waals surface area contributed by atoms with Crippen molar-refractivity contribution in [1.29, 1.82) is 0 Å². The third-order valence-electron chi connectivity index (χ3n) is 5.31. The lowest BCUT2D eigenvalue weighted by Gasteiger charge is -2.32. The predicted molar refractivity (Wildman–Crippen MR) is 97.4 cm³/mol. The molecule has 26 heavy (non-hydrogen) atoms. The van der Waals surface area contributed by atoms with Crippen LogP contribution in [0.4, 0.5) is 11.5 Å². The number of rotatable bonds is 1. The van der Waals surface area contributed by atoms with Crippen molar-refractivity contribution in [3.05, 3.63) is 71.9 Å². The normalized spacial score (nSPS) is 20.9. The standard InChI is InChI=1S/C20H16N4O2/c1-23-16-10-6-5-9-14(16)20(19(23)26)11-17(25)22-18-15(20)12-21-24(18)13-7-3-2-4-8-13/h2-10,12H,11H2,1H3,(H,22,25)/t20-/m1/s1. The van der Waals surface area contributed by atoms with Gasteiger partial charge in [-0.05, 0) is 23.8 Å². The molecule has 0 radical (unpaired) electrons. The summed E-state index contributed by atoms with van der Waals surface area (Å²) in [6.07, 6.45) is 1.79. The van der Waals surface area contributed by atoms with Crippen LogP contribution in [0.3, 0.4) is 0 Å². The first-order valence-electron chi connectivity index (χ1n) is 8.44.